The van der Waals surface area contributed by atoms with Crippen molar-refractivity contribution in [2.75, 3.05) is 6.61 Å². The summed E-state index contributed by atoms with van der Waals surface area (Å²) < 4.78 is 31.0. The van der Waals surface area contributed by atoms with E-state index in [1.807, 2.05) is 38.1 Å². The molecule has 30 heavy (non-hydrogen) atoms. The van der Waals surface area contributed by atoms with Crippen LogP contribution in [0.4, 0.5) is 4.39 Å². The Balaban J connectivity index is 1.75. The zero-order valence-electron chi connectivity index (χ0n) is 16.3. The topological polar surface area (TPSA) is 94.1 Å². The Hall–Kier alpha value is -3.99. The van der Waals surface area contributed by atoms with Gasteiger partial charge in [0.2, 0.25) is 5.89 Å². The van der Waals surface area contributed by atoms with Crippen LogP contribution in [0.3, 0.4) is 0 Å². The van der Waals surface area contributed by atoms with Gasteiger partial charge in [0, 0.05) is 11.6 Å². The number of nitriles is 1. The third-order valence-corrected chi connectivity index (χ3v) is 4.18. The summed E-state index contributed by atoms with van der Waals surface area (Å²) in [5.74, 6) is 0.0465. The maximum absolute atomic E-state index is 13.9. The van der Waals surface area contributed by atoms with E-state index >= 15 is 0 Å². The molecule has 2 heterocycles. The normalized spacial score (nSPS) is 10.7. The van der Waals surface area contributed by atoms with Crippen LogP contribution in [0.25, 0.3) is 22.7 Å². The number of aryl methyl sites for hydroxylation is 1. The van der Waals surface area contributed by atoms with Crippen LogP contribution >= 0.6 is 0 Å². The van der Waals surface area contributed by atoms with Gasteiger partial charge in [0.1, 0.15) is 17.6 Å². The Morgan fingerprint density at radius 2 is 2.00 bits per heavy atom. The lowest BCUT2D eigenvalue weighted by molar-refractivity contribution is 0.302. The van der Waals surface area contributed by atoms with E-state index in [4.69, 9.17) is 19.2 Å². The number of hydrogen-bond donors (Lipinski definition) is 0. The summed E-state index contributed by atoms with van der Waals surface area (Å²) in [5.41, 5.74) is 2.35. The average molecular weight is 404 g/mol. The van der Waals surface area contributed by atoms with Gasteiger partial charge in [-0.3, -0.25) is 0 Å². The van der Waals surface area contributed by atoms with Crippen LogP contribution in [0, 0.1) is 24.1 Å². The Morgan fingerprint density at radius 1 is 1.13 bits per heavy atom. The van der Waals surface area contributed by atoms with Gasteiger partial charge in [-0.2, -0.15) is 15.2 Å². The Kier molecular flexibility index (Phi) is 5.26. The van der Waals surface area contributed by atoms with Gasteiger partial charge in [0.25, 0.3) is 11.6 Å². The Morgan fingerprint density at radius 3 is 2.73 bits per heavy atom. The predicted octanol–water partition coefficient (Wildman–Crippen LogP) is 5.19. The monoisotopic (exact) mass is 404 g/mol. The molecule has 0 atom stereocenters. The van der Waals surface area contributed by atoms with Crippen LogP contribution in [0.1, 0.15) is 24.5 Å². The lowest BCUT2D eigenvalue weighted by Gasteiger charge is -2.07. The van der Waals surface area contributed by atoms with Crippen molar-refractivity contribution in [3.05, 3.63) is 59.4 Å². The highest BCUT2D eigenvalue weighted by Crippen LogP contribution is 2.31. The largest absolute Gasteiger partial charge is 0.476 e. The number of rotatable bonds is 6. The molecule has 4 aromatic rings. The van der Waals surface area contributed by atoms with E-state index in [1.165, 1.54) is 12.1 Å². The number of hydrogen-bond acceptors (Lipinski definition) is 7. The molecule has 8 heteroatoms. The molecule has 0 fully saturated rings. The molecule has 7 nitrogen and oxygen atoms in total. The van der Waals surface area contributed by atoms with E-state index < -0.39 is 5.82 Å². The zero-order chi connectivity index (χ0) is 21.1. The van der Waals surface area contributed by atoms with Gasteiger partial charge in [0.05, 0.1) is 12.2 Å². The van der Waals surface area contributed by atoms with Crippen molar-refractivity contribution in [1.29, 1.82) is 5.26 Å². The third kappa shape index (κ3) is 3.91. The summed E-state index contributed by atoms with van der Waals surface area (Å²) in [6.07, 6.45) is 0.769. The van der Waals surface area contributed by atoms with Crippen LogP contribution in [-0.2, 0) is 0 Å². The number of ether oxygens (including phenoxy) is 2. The van der Waals surface area contributed by atoms with Crippen molar-refractivity contribution >= 4 is 11.2 Å². The van der Waals surface area contributed by atoms with Crippen molar-refractivity contribution < 1.29 is 18.3 Å². The zero-order valence-corrected chi connectivity index (χ0v) is 16.3. The summed E-state index contributed by atoms with van der Waals surface area (Å²) in [6.45, 7) is 4.37. The molecular formula is C22H17FN4O3. The number of nitrogens with zero attached hydrogens (tertiary/aromatic N) is 4. The average Bonchev–Trinajstić information content (AvgIpc) is 3.16. The summed E-state index contributed by atoms with van der Waals surface area (Å²) in [5, 5.41) is 8.86. The first-order valence-electron chi connectivity index (χ1n) is 9.33. The Bertz CT molecular complexity index is 1260. The summed E-state index contributed by atoms with van der Waals surface area (Å²) in [7, 11) is 0. The van der Waals surface area contributed by atoms with E-state index in [0.717, 1.165) is 23.6 Å². The van der Waals surface area contributed by atoms with Crippen LogP contribution in [0.15, 0.2) is 46.9 Å². The van der Waals surface area contributed by atoms with Crippen molar-refractivity contribution in [2.45, 2.75) is 20.3 Å². The van der Waals surface area contributed by atoms with Crippen LogP contribution in [0.5, 0.6) is 17.6 Å². The molecular weight excluding hydrogens is 387 g/mol. The van der Waals surface area contributed by atoms with Gasteiger partial charge in [-0.15, -0.1) is 0 Å². The quantitative estimate of drug-likeness (QED) is 0.437. The van der Waals surface area contributed by atoms with Crippen molar-refractivity contribution in [3.63, 3.8) is 0 Å². The molecule has 4 rings (SSSR count). The Labute approximate surface area is 171 Å². The van der Waals surface area contributed by atoms with Crippen molar-refractivity contribution in [3.8, 4) is 35.2 Å². The highest BCUT2D eigenvalue weighted by atomic mass is 19.1. The lowest BCUT2D eigenvalue weighted by atomic mass is 10.1. The molecule has 0 bridgehead atoms. The second-order valence-electron chi connectivity index (χ2n) is 6.56. The third-order valence-electron chi connectivity index (χ3n) is 4.18. The maximum atomic E-state index is 13.9. The van der Waals surface area contributed by atoms with Crippen LogP contribution in [-0.4, -0.2) is 21.6 Å². The number of halogens is 1. The standard InChI is InChI=1S/C22H17FN4O3/c1-3-9-28-20-18-21(30-19(25-18)14-6-4-5-13(2)10-14)27-22(26-20)29-16-8-7-15(12-24)17(23)11-16/h4-8,10-11H,3,9H2,1-2H3. The first-order valence-corrected chi connectivity index (χ1v) is 9.33. The molecule has 0 radical (unpaired) electrons. The fourth-order valence-electron chi connectivity index (χ4n) is 2.78. The summed E-state index contributed by atoms with van der Waals surface area (Å²) in [4.78, 5) is 13.0. The lowest BCUT2D eigenvalue weighted by Crippen LogP contribution is -2.01. The van der Waals surface area contributed by atoms with Gasteiger partial charge in [-0.25, -0.2) is 9.37 Å². The number of benzene rings is 2. The number of aromatic nitrogens is 3. The molecule has 0 spiro atoms. The van der Waals surface area contributed by atoms with Gasteiger partial charge in [-0.05, 0) is 37.6 Å². The molecule has 0 aliphatic carbocycles. The second kappa shape index (κ2) is 8.17. The van der Waals surface area contributed by atoms with E-state index in [2.05, 4.69) is 15.0 Å². The highest BCUT2D eigenvalue weighted by molar-refractivity contribution is 5.78. The minimum atomic E-state index is -0.695. The van der Waals surface area contributed by atoms with Gasteiger partial charge in [0.15, 0.2) is 5.52 Å². The predicted molar refractivity (Wildman–Crippen MR) is 107 cm³/mol. The molecule has 0 saturated heterocycles. The van der Waals surface area contributed by atoms with Gasteiger partial charge in [-0.1, -0.05) is 24.6 Å². The van der Waals surface area contributed by atoms with Gasteiger partial charge >= 0.3 is 6.01 Å². The van der Waals surface area contributed by atoms with Crippen molar-refractivity contribution in [1.82, 2.24) is 15.0 Å². The fraction of sp³-hybridized carbons (Fsp3) is 0.182. The van der Waals surface area contributed by atoms with E-state index in [-0.39, 0.29) is 28.9 Å². The minimum Gasteiger partial charge on any atom is -0.476 e. The SMILES string of the molecule is CCCOc1nc(Oc2ccc(C#N)c(F)c2)nc2oc(-c3cccc(C)c3)nc12. The van der Waals surface area contributed by atoms with E-state index in [9.17, 15) is 4.39 Å². The fourth-order valence-corrected chi connectivity index (χ4v) is 2.78. The van der Waals surface area contributed by atoms with E-state index in [0.29, 0.717) is 18.0 Å². The number of fused-ring (bicyclic) bond motifs is 1. The molecule has 0 saturated carbocycles. The first-order chi connectivity index (χ1) is 14.6. The molecule has 0 aliphatic rings. The summed E-state index contributed by atoms with van der Waals surface area (Å²) in [6, 6.07) is 13.3. The van der Waals surface area contributed by atoms with Crippen LogP contribution in [0.2, 0.25) is 0 Å². The van der Waals surface area contributed by atoms with E-state index in [1.54, 1.807) is 6.07 Å². The van der Waals surface area contributed by atoms with Crippen LogP contribution < -0.4 is 9.47 Å². The molecule has 0 amide bonds. The highest BCUT2D eigenvalue weighted by Gasteiger charge is 2.19. The molecule has 150 valence electrons. The summed E-state index contributed by atoms with van der Waals surface area (Å²) >= 11 is 0. The van der Waals surface area contributed by atoms with Crippen molar-refractivity contribution in [2.24, 2.45) is 0 Å². The van der Waals surface area contributed by atoms with Gasteiger partial charge < -0.3 is 13.9 Å². The second-order valence-corrected chi connectivity index (χ2v) is 6.56. The first kappa shape index (κ1) is 19.3. The maximum Gasteiger partial charge on any atom is 0.328 e. The molecule has 2 aromatic heterocycles. The molecule has 0 unspecified atom stereocenters. The smallest absolute Gasteiger partial charge is 0.328 e. The number of oxazole rings is 1. The molecule has 0 aliphatic heterocycles. The molecule has 0 N–H and O–H groups in total. The molecule has 2 aromatic carbocycles. The minimum absolute atomic E-state index is 0.0790.